The summed E-state index contributed by atoms with van der Waals surface area (Å²) >= 11 is 6.15. The molecule has 0 spiro atoms. The van der Waals surface area contributed by atoms with E-state index in [9.17, 15) is 4.79 Å². The van der Waals surface area contributed by atoms with Crippen LogP contribution in [0.5, 0.6) is 0 Å². The Morgan fingerprint density at radius 1 is 1.37 bits per heavy atom. The fourth-order valence-corrected chi connectivity index (χ4v) is 3.91. The van der Waals surface area contributed by atoms with Crippen molar-refractivity contribution in [3.63, 3.8) is 0 Å². The van der Waals surface area contributed by atoms with Gasteiger partial charge >= 0.3 is 0 Å². The molecule has 3 aromatic rings. The van der Waals surface area contributed by atoms with E-state index in [0.717, 1.165) is 47.1 Å². The predicted molar refractivity (Wildman–Crippen MR) is 120 cm³/mol. The largest absolute Gasteiger partial charge is 0.361 e. The molecule has 0 bridgehead atoms. The molecule has 4 rings (SSSR count). The number of halogens is 1. The maximum atomic E-state index is 12.7. The number of aliphatic imine (C=N–C) groups is 1. The highest BCUT2D eigenvalue weighted by Gasteiger charge is 2.27. The van der Waals surface area contributed by atoms with Crippen molar-refractivity contribution >= 4 is 40.1 Å². The number of amides is 1. The van der Waals surface area contributed by atoms with Crippen LogP contribution < -0.4 is 10.2 Å². The Balaban J connectivity index is 1.42. The van der Waals surface area contributed by atoms with Crippen LogP contribution in [-0.2, 0) is 18.3 Å². The van der Waals surface area contributed by atoms with Crippen LogP contribution in [0.3, 0.4) is 0 Å². The summed E-state index contributed by atoms with van der Waals surface area (Å²) in [5, 5.41) is 9.34. The lowest BCUT2D eigenvalue weighted by atomic mass is 10.1. The molecule has 1 aliphatic rings. The summed E-state index contributed by atoms with van der Waals surface area (Å²) in [6.07, 6.45) is 6.39. The highest BCUT2D eigenvalue weighted by molar-refractivity contribution is 6.31. The number of anilines is 1. The van der Waals surface area contributed by atoms with Crippen molar-refractivity contribution in [1.29, 1.82) is 0 Å². The Hall–Kier alpha value is -3.00. The van der Waals surface area contributed by atoms with Crippen LogP contribution in [0.15, 0.2) is 41.8 Å². The number of nitrogens with one attached hydrogen (secondary N) is 2. The molecule has 1 fully saturated rings. The number of carbonyl (C=O) groups excluding carboxylic acids is 1. The Labute approximate surface area is 180 Å². The number of carbonyl (C=O) groups is 1. The SMILES string of the molecule is CCNC(=NCCc1c[nH]c2ccc(Cl)cc12)N1CCN(c2cnn(C)c2)C(=O)C1. The normalized spacial score (nSPS) is 15.3. The second-order valence-corrected chi connectivity index (χ2v) is 7.77. The van der Waals surface area contributed by atoms with Gasteiger partial charge in [-0.2, -0.15) is 5.10 Å². The van der Waals surface area contributed by atoms with E-state index in [4.69, 9.17) is 16.6 Å². The van der Waals surface area contributed by atoms with Gasteiger partial charge in [0.2, 0.25) is 5.91 Å². The van der Waals surface area contributed by atoms with Gasteiger partial charge in [-0.05, 0) is 37.1 Å². The van der Waals surface area contributed by atoms with Gasteiger partial charge in [-0.15, -0.1) is 0 Å². The zero-order valence-corrected chi connectivity index (χ0v) is 18.0. The maximum Gasteiger partial charge on any atom is 0.246 e. The molecule has 158 valence electrons. The minimum Gasteiger partial charge on any atom is -0.361 e. The van der Waals surface area contributed by atoms with E-state index in [0.29, 0.717) is 19.6 Å². The summed E-state index contributed by atoms with van der Waals surface area (Å²) in [7, 11) is 1.85. The van der Waals surface area contributed by atoms with Crippen LogP contribution >= 0.6 is 11.6 Å². The van der Waals surface area contributed by atoms with E-state index in [2.05, 4.69) is 15.4 Å². The van der Waals surface area contributed by atoms with Gasteiger partial charge in [-0.3, -0.25) is 14.5 Å². The van der Waals surface area contributed by atoms with Crippen molar-refractivity contribution in [2.45, 2.75) is 13.3 Å². The van der Waals surface area contributed by atoms with Crippen molar-refractivity contribution in [2.24, 2.45) is 12.0 Å². The fraction of sp³-hybridized carbons (Fsp3) is 0.381. The van der Waals surface area contributed by atoms with Crippen LogP contribution in [-0.4, -0.2) is 64.3 Å². The number of fused-ring (bicyclic) bond motifs is 1. The van der Waals surface area contributed by atoms with E-state index >= 15 is 0 Å². The van der Waals surface area contributed by atoms with Crippen molar-refractivity contribution in [1.82, 2.24) is 25.0 Å². The Morgan fingerprint density at radius 3 is 2.97 bits per heavy atom. The smallest absolute Gasteiger partial charge is 0.246 e. The number of rotatable bonds is 5. The fourth-order valence-electron chi connectivity index (χ4n) is 3.74. The van der Waals surface area contributed by atoms with Crippen LogP contribution in [0.1, 0.15) is 12.5 Å². The minimum atomic E-state index is 0.0473. The third-order valence-electron chi connectivity index (χ3n) is 5.23. The third-order valence-corrected chi connectivity index (χ3v) is 5.47. The average molecular weight is 428 g/mol. The molecule has 0 aliphatic carbocycles. The Bertz CT molecular complexity index is 1070. The Morgan fingerprint density at radius 2 is 2.23 bits per heavy atom. The molecule has 2 aromatic heterocycles. The second kappa shape index (κ2) is 8.79. The lowest BCUT2D eigenvalue weighted by Crippen LogP contribution is -2.55. The number of hydrogen-bond acceptors (Lipinski definition) is 3. The van der Waals surface area contributed by atoms with Crippen molar-refractivity contribution < 1.29 is 4.79 Å². The van der Waals surface area contributed by atoms with E-state index in [1.807, 2.05) is 49.5 Å². The average Bonchev–Trinajstić information content (AvgIpc) is 3.33. The van der Waals surface area contributed by atoms with Gasteiger partial charge in [0.1, 0.15) is 6.54 Å². The lowest BCUT2D eigenvalue weighted by molar-refractivity contribution is -0.120. The number of aromatic amines is 1. The molecule has 9 heteroatoms. The van der Waals surface area contributed by atoms with Gasteiger partial charge in [0.15, 0.2) is 5.96 Å². The molecule has 0 radical (unpaired) electrons. The molecular formula is C21H26ClN7O. The summed E-state index contributed by atoms with van der Waals surface area (Å²) in [5.74, 6) is 0.820. The third kappa shape index (κ3) is 4.28. The van der Waals surface area contributed by atoms with Crippen molar-refractivity contribution in [3.05, 3.63) is 47.4 Å². The summed E-state index contributed by atoms with van der Waals surface area (Å²) in [6, 6.07) is 5.85. The van der Waals surface area contributed by atoms with Crippen LogP contribution in [0.4, 0.5) is 5.69 Å². The van der Waals surface area contributed by atoms with Gasteiger partial charge < -0.3 is 20.1 Å². The molecule has 1 aliphatic heterocycles. The maximum absolute atomic E-state index is 12.7. The first-order valence-electron chi connectivity index (χ1n) is 10.1. The summed E-state index contributed by atoms with van der Waals surface area (Å²) < 4.78 is 1.71. The zero-order valence-electron chi connectivity index (χ0n) is 17.2. The first-order valence-corrected chi connectivity index (χ1v) is 10.5. The number of H-pyrrole nitrogens is 1. The summed E-state index contributed by atoms with van der Waals surface area (Å²) in [6.45, 7) is 5.02. The van der Waals surface area contributed by atoms with Gasteiger partial charge in [0, 0.05) is 61.5 Å². The van der Waals surface area contributed by atoms with E-state index in [1.54, 1.807) is 15.8 Å². The number of hydrogen-bond donors (Lipinski definition) is 2. The van der Waals surface area contributed by atoms with Crippen LogP contribution in [0.2, 0.25) is 5.02 Å². The molecule has 0 atom stereocenters. The van der Waals surface area contributed by atoms with E-state index in [-0.39, 0.29) is 5.91 Å². The standard InChI is InChI=1S/C21H26ClN7O/c1-3-23-21(24-7-6-15-11-25-19-5-4-16(22)10-18(15)19)28-8-9-29(20(30)14-28)17-12-26-27(2)13-17/h4-5,10-13,25H,3,6-9,14H2,1-2H3,(H,23,24). The monoisotopic (exact) mass is 427 g/mol. The van der Waals surface area contributed by atoms with Gasteiger partial charge in [0.05, 0.1) is 11.9 Å². The number of guanidine groups is 1. The summed E-state index contributed by atoms with van der Waals surface area (Å²) in [4.78, 5) is 24.6. The highest BCUT2D eigenvalue weighted by atomic mass is 35.5. The first kappa shape index (κ1) is 20.3. The van der Waals surface area contributed by atoms with Gasteiger partial charge in [-0.1, -0.05) is 11.6 Å². The second-order valence-electron chi connectivity index (χ2n) is 7.33. The lowest BCUT2D eigenvalue weighted by Gasteiger charge is -2.35. The number of nitrogens with zero attached hydrogens (tertiary/aromatic N) is 5. The molecular weight excluding hydrogens is 402 g/mol. The van der Waals surface area contributed by atoms with Crippen LogP contribution in [0.25, 0.3) is 10.9 Å². The molecule has 30 heavy (non-hydrogen) atoms. The van der Waals surface area contributed by atoms with E-state index in [1.165, 1.54) is 5.56 Å². The van der Waals surface area contributed by atoms with Gasteiger partial charge in [0.25, 0.3) is 0 Å². The molecule has 8 nitrogen and oxygen atoms in total. The number of benzene rings is 1. The molecule has 1 aromatic carbocycles. The molecule has 0 unspecified atom stereocenters. The molecule has 1 saturated heterocycles. The summed E-state index contributed by atoms with van der Waals surface area (Å²) in [5.41, 5.74) is 3.09. The zero-order chi connectivity index (χ0) is 21.1. The van der Waals surface area contributed by atoms with Crippen molar-refractivity contribution in [2.75, 3.05) is 37.6 Å². The predicted octanol–water partition coefficient (Wildman–Crippen LogP) is 2.41. The quantitative estimate of drug-likeness (QED) is 0.484. The minimum absolute atomic E-state index is 0.0473. The molecule has 0 saturated carbocycles. The van der Waals surface area contributed by atoms with Crippen molar-refractivity contribution in [3.8, 4) is 0 Å². The topological polar surface area (TPSA) is 81.6 Å². The number of aryl methyl sites for hydroxylation is 1. The molecule has 1 amide bonds. The van der Waals surface area contributed by atoms with E-state index < -0.39 is 0 Å². The highest BCUT2D eigenvalue weighted by Crippen LogP contribution is 2.23. The van der Waals surface area contributed by atoms with Crippen LogP contribution in [0, 0.1) is 0 Å². The van der Waals surface area contributed by atoms with Gasteiger partial charge in [-0.25, -0.2) is 0 Å². The molecule has 3 heterocycles. The number of aromatic nitrogens is 3. The molecule has 2 N–H and O–H groups in total. The Kier molecular flexibility index (Phi) is 5.94. The number of piperazine rings is 1. The first-order chi connectivity index (χ1) is 14.5.